The maximum atomic E-state index is 11.7. The van der Waals surface area contributed by atoms with E-state index in [-0.39, 0.29) is 6.61 Å². The van der Waals surface area contributed by atoms with Crippen LogP contribution in [0.1, 0.15) is 0 Å². The van der Waals surface area contributed by atoms with E-state index < -0.39 is 13.0 Å². The maximum absolute atomic E-state index is 11.7. The maximum Gasteiger partial charge on any atom is 0.522 e. The van der Waals surface area contributed by atoms with E-state index in [1.54, 1.807) is 18.2 Å². The predicted octanol–water partition coefficient (Wildman–Crippen LogP) is 2.25. The molecule has 0 aliphatic heterocycles. The minimum Gasteiger partial charge on any atom is -0.489 e. The Morgan fingerprint density at radius 1 is 1.22 bits per heavy atom. The van der Waals surface area contributed by atoms with Gasteiger partial charge in [-0.3, -0.25) is 4.74 Å². The van der Waals surface area contributed by atoms with Crippen LogP contribution in [0.4, 0.5) is 24.5 Å². The van der Waals surface area contributed by atoms with Gasteiger partial charge in [0.15, 0.2) is 0 Å². The standard InChI is InChI=1S/C11H15F3N2O2/c1-16(2)8-3-4-9(15)10(7-8)17-5-6-18-11(12,13)14/h3-4,7H,5-6,15H2,1-2H3. The van der Waals surface area contributed by atoms with Crippen LogP contribution in [0.2, 0.25) is 0 Å². The van der Waals surface area contributed by atoms with E-state index in [0.717, 1.165) is 5.69 Å². The van der Waals surface area contributed by atoms with Gasteiger partial charge in [0.1, 0.15) is 12.4 Å². The third kappa shape index (κ3) is 4.70. The Morgan fingerprint density at radius 2 is 1.89 bits per heavy atom. The second kappa shape index (κ2) is 5.81. The number of nitrogens with two attached hydrogens (primary N) is 1. The molecule has 0 aromatic heterocycles. The number of benzene rings is 1. The van der Waals surface area contributed by atoms with Gasteiger partial charge >= 0.3 is 6.36 Å². The molecule has 1 aromatic rings. The summed E-state index contributed by atoms with van der Waals surface area (Å²) in [7, 11) is 3.67. The Labute approximate surface area is 103 Å². The Bertz CT molecular complexity index is 394. The summed E-state index contributed by atoms with van der Waals surface area (Å²) in [5, 5.41) is 0. The summed E-state index contributed by atoms with van der Waals surface area (Å²) in [5.74, 6) is 0.340. The van der Waals surface area contributed by atoms with Crippen LogP contribution in [0.25, 0.3) is 0 Å². The number of anilines is 2. The predicted molar refractivity (Wildman–Crippen MR) is 62.7 cm³/mol. The molecule has 0 amide bonds. The minimum atomic E-state index is -4.64. The van der Waals surface area contributed by atoms with Gasteiger partial charge in [-0.05, 0) is 12.1 Å². The van der Waals surface area contributed by atoms with Crippen LogP contribution in [-0.4, -0.2) is 33.7 Å². The fourth-order valence-electron chi connectivity index (χ4n) is 1.24. The molecule has 0 heterocycles. The van der Waals surface area contributed by atoms with Gasteiger partial charge in [-0.2, -0.15) is 0 Å². The van der Waals surface area contributed by atoms with Gasteiger partial charge in [-0.25, -0.2) is 0 Å². The SMILES string of the molecule is CN(C)c1ccc(N)c(OCCOC(F)(F)F)c1. The largest absolute Gasteiger partial charge is 0.522 e. The lowest BCUT2D eigenvalue weighted by Gasteiger charge is -2.16. The fourth-order valence-corrected chi connectivity index (χ4v) is 1.24. The van der Waals surface area contributed by atoms with Crippen LogP contribution in [0, 0.1) is 0 Å². The summed E-state index contributed by atoms with van der Waals surface area (Å²) >= 11 is 0. The molecule has 1 rings (SSSR count). The first-order valence-corrected chi connectivity index (χ1v) is 5.20. The molecule has 0 aliphatic carbocycles. The molecule has 1 aromatic carbocycles. The van der Waals surface area contributed by atoms with E-state index in [9.17, 15) is 13.2 Å². The molecule has 4 nitrogen and oxygen atoms in total. The van der Waals surface area contributed by atoms with Crippen LogP contribution in [0.5, 0.6) is 5.75 Å². The van der Waals surface area contributed by atoms with Crippen LogP contribution < -0.4 is 15.4 Å². The van der Waals surface area contributed by atoms with Crippen LogP contribution in [0.3, 0.4) is 0 Å². The van der Waals surface area contributed by atoms with Crippen molar-refractivity contribution in [1.29, 1.82) is 0 Å². The normalized spacial score (nSPS) is 11.4. The summed E-state index contributed by atoms with van der Waals surface area (Å²) < 4.78 is 43.9. The van der Waals surface area contributed by atoms with Gasteiger partial charge < -0.3 is 15.4 Å². The zero-order valence-corrected chi connectivity index (χ0v) is 10.1. The molecule has 18 heavy (non-hydrogen) atoms. The number of alkyl halides is 3. The minimum absolute atomic E-state index is 0.222. The lowest BCUT2D eigenvalue weighted by atomic mass is 10.2. The third-order valence-corrected chi connectivity index (χ3v) is 2.12. The second-order valence-corrected chi connectivity index (χ2v) is 3.76. The smallest absolute Gasteiger partial charge is 0.489 e. The Morgan fingerprint density at radius 3 is 2.44 bits per heavy atom. The molecule has 0 saturated heterocycles. The highest BCUT2D eigenvalue weighted by atomic mass is 19.4. The molecule has 0 saturated carbocycles. The fraction of sp³-hybridized carbons (Fsp3) is 0.455. The number of nitrogens with zero attached hydrogens (tertiary/aromatic N) is 1. The van der Waals surface area contributed by atoms with Gasteiger partial charge in [-0.15, -0.1) is 13.2 Å². The molecule has 0 spiro atoms. The first kappa shape index (κ1) is 14.4. The average Bonchev–Trinajstić information content (AvgIpc) is 2.24. The second-order valence-electron chi connectivity index (χ2n) is 3.76. The van der Waals surface area contributed by atoms with E-state index in [4.69, 9.17) is 10.5 Å². The van der Waals surface area contributed by atoms with E-state index in [0.29, 0.717) is 11.4 Å². The number of rotatable bonds is 5. The summed E-state index contributed by atoms with van der Waals surface area (Å²) in [6, 6.07) is 5.08. The summed E-state index contributed by atoms with van der Waals surface area (Å²) in [6.45, 7) is -0.796. The molecule has 0 bridgehead atoms. The van der Waals surface area contributed by atoms with Gasteiger partial charge in [-0.1, -0.05) is 0 Å². The molecule has 7 heteroatoms. The van der Waals surface area contributed by atoms with E-state index in [2.05, 4.69) is 4.74 Å². The van der Waals surface area contributed by atoms with E-state index >= 15 is 0 Å². The lowest BCUT2D eigenvalue weighted by molar-refractivity contribution is -0.325. The van der Waals surface area contributed by atoms with Crippen molar-refractivity contribution in [2.75, 3.05) is 37.9 Å². The van der Waals surface area contributed by atoms with Crippen molar-refractivity contribution < 1.29 is 22.6 Å². The molecule has 102 valence electrons. The molecule has 0 aliphatic rings. The quantitative estimate of drug-likeness (QED) is 0.654. The van der Waals surface area contributed by atoms with Crippen molar-refractivity contribution in [2.24, 2.45) is 0 Å². The van der Waals surface area contributed by atoms with Crippen LogP contribution in [-0.2, 0) is 4.74 Å². The Balaban J connectivity index is 2.54. The summed E-state index contributed by atoms with van der Waals surface area (Å²) in [6.07, 6.45) is -4.64. The number of nitrogen functional groups attached to an aromatic ring is 1. The highest BCUT2D eigenvalue weighted by Gasteiger charge is 2.28. The van der Waals surface area contributed by atoms with Crippen LogP contribution in [0.15, 0.2) is 18.2 Å². The van der Waals surface area contributed by atoms with Gasteiger partial charge in [0, 0.05) is 25.8 Å². The van der Waals surface area contributed by atoms with E-state index in [1.807, 2.05) is 19.0 Å². The molecule has 0 unspecified atom stereocenters. The molecular weight excluding hydrogens is 249 g/mol. The van der Waals surface area contributed by atoms with Crippen molar-refractivity contribution in [3.05, 3.63) is 18.2 Å². The molecular formula is C11H15F3N2O2. The topological polar surface area (TPSA) is 47.7 Å². The number of halogens is 3. The zero-order chi connectivity index (χ0) is 13.8. The van der Waals surface area contributed by atoms with Crippen molar-refractivity contribution in [2.45, 2.75) is 6.36 Å². The molecule has 2 N–H and O–H groups in total. The number of hydrogen-bond acceptors (Lipinski definition) is 4. The first-order chi connectivity index (χ1) is 8.29. The van der Waals surface area contributed by atoms with Crippen molar-refractivity contribution in [3.8, 4) is 5.75 Å². The van der Waals surface area contributed by atoms with Gasteiger partial charge in [0.25, 0.3) is 0 Å². The Hall–Kier alpha value is -1.63. The third-order valence-electron chi connectivity index (χ3n) is 2.12. The summed E-state index contributed by atoms with van der Waals surface area (Å²) in [5.41, 5.74) is 6.86. The average molecular weight is 264 g/mol. The molecule has 0 atom stereocenters. The first-order valence-electron chi connectivity index (χ1n) is 5.20. The highest BCUT2D eigenvalue weighted by molar-refractivity contribution is 5.61. The van der Waals surface area contributed by atoms with Crippen molar-refractivity contribution >= 4 is 11.4 Å². The van der Waals surface area contributed by atoms with E-state index in [1.165, 1.54) is 0 Å². The van der Waals surface area contributed by atoms with Gasteiger partial charge in [0.2, 0.25) is 0 Å². The summed E-state index contributed by atoms with van der Waals surface area (Å²) in [4.78, 5) is 1.83. The van der Waals surface area contributed by atoms with Crippen LogP contribution >= 0.6 is 0 Å². The molecule has 0 fully saturated rings. The zero-order valence-electron chi connectivity index (χ0n) is 10.1. The molecule has 0 radical (unpaired) electrons. The highest BCUT2D eigenvalue weighted by Crippen LogP contribution is 2.26. The number of ether oxygens (including phenoxy) is 2. The Kier molecular flexibility index (Phi) is 4.66. The van der Waals surface area contributed by atoms with Gasteiger partial charge in [0.05, 0.1) is 12.3 Å². The van der Waals surface area contributed by atoms with Crippen molar-refractivity contribution in [1.82, 2.24) is 0 Å². The lowest BCUT2D eigenvalue weighted by Crippen LogP contribution is -2.18. The number of hydrogen-bond donors (Lipinski definition) is 1. The van der Waals surface area contributed by atoms with Crippen molar-refractivity contribution in [3.63, 3.8) is 0 Å². The monoisotopic (exact) mass is 264 g/mol.